The third kappa shape index (κ3) is 3.11. The van der Waals surface area contributed by atoms with Gasteiger partial charge in [0.1, 0.15) is 5.69 Å². The zero-order chi connectivity index (χ0) is 14.7. The summed E-state index contributed by atoms with van der Waals surface area (Å²) < 4.78 is 2.85. The minimum absolute atomic E-state index is 0.610. The average molecular weight is 341 g/mol. The van der Waals surface area contributed by atoms with E-state index < -0.39 is 0 Å². The third-order valence-corrected chi connectivity index (χ3v) is 3.75. The molecule has 0 radical (unpaired) electrons. The van der Waals surface area contributed by atoms with Crippen LogP contribution in [-0.2, 0) is 6.54 Å². The monoisotopic (exact) mass is 340 g/mol. The van der Waals surface area contributed by atoms with Crippen molar-refractivity contribution in [1.29, 1.82) is 0 Å². The first-order chi connectivity index (χ1) is 10.3. The molecule has 1 heterocycles. The SMILES string of the molecule is O=Cc1cn(Cc2ccc(Br)cc2)nc1-c1ccccc1. The Labute approximate surface area is 131 Å². The molecule has 0 aliphatic heterocycles. The summed E-state index contributed by atoms with van der Waals surface area (Å²) in [5.41, 5.74) is 3.42. The molecule has 0 N–H and O–H groups in total. The van der Waals surface area contributed by atoms with E-state index in [-0.39, 0.29) is 0 Å². The number of carbonyl (C=O) groups is 1. The van der Waals surface area contributed by atoms with E-state index in [1.807, 2.05) is 54.6 Å². The van der Waals surface area contributed by atoms with E-state index in [0.29, 0.717) is 12.1 Å². The topological polar surface area (TPSA) is 34.9 Å². The molecule has 0 atom stereocenters. The van der Waals surface area contributed by atoms with Crippen LogP contribution in [0, 0.1) is 0 Å². The second kappa shape index (κ2) is 6.06. The van der Waals surface area contributed by atoms with Crippen molar-refractivity contribution in [3.8, 4) is 11.3 Å². The van der Waals surface area contributed by atoms with Crippen LogP contribution < -0.4 is 0 Å². The second-order valence-corrected chi connectivity index (χ2v) is 5.66. The summed E-state index contributed by atoms with van der Waals surface area (Å²) in [6, 6.07) is 17.8. The molecule has 0 spiro atoms. The predicted molar refractivity (Wildman–Crippen MR) is 86.3 cm³/mol. The van der Waals surface area contributed by atoms with Crippen LogP contribution >= 0.6 is 15.9 Å². The number of aromatic nitrogens is 2. The number of benzene rings is 2. The van der Waals surface area contributed by atoms with Crippen LogP contribution in [0.2, 0.25) is 0 Å². The molecule has 3 nitrogen and oxygen atoms in total. The Bertz CT molecular complexity index is 748. The van der Waals surface area contributed by atoms with Crippen LogP contribution in [-0.4, -0.2) is 16.1 Å². The molecule has 3 rings (SSSR count). The van der Waals surface area contributed by atoms with Crippen molar-refractivity contribution < 1.29 is 4.79 Å². The summed E-state index contributed by atoms with van der Waals surface area (Å²) in [7, 11) is 0. The van der Waals surface area contributed by atoms with Gasteiger partial charge < -0.3 is 0 Å². The minimum Gasteiger partial charge on any atom is -0.298 e. The van der Waals surface area contributed by atoms with Gasteiger partial charge in [0.15, 0.2) is 6.29 Å². The quantitative estimate of drug-likeness (QED) is 0.668. The summed E-state index contributed by atoms with van der Waals surface area (Å²) in [5, 5.41) is 4.54. The summed E-state index contributed by atoms with van der Waals surface area (Å²) in [6.45, 7) is 0.640. The molecule has 4 heteroatoms. The molecular weight excluding hydrogens is 328 g/mol. The maximum absolute atomic E-state index is 11.3. The molecular formula is C17H13BrN2O. The van der Waals surface area contributed by atoms with Crippen molar-refractivity contribution in [2.24, 2.45) is 0 Å². The molecule has 0 unspecified atom stereocenters. The summed E-state index contributed by atoms with van der Waals surface area (Å²) >= 11 is 3.42. The Morgan fingerprint density at radius 1 is 1.05 bits per heavy atom. The molecule has 104 valence electrons. The zero-order valence-electron chi connectivity index (χ0n) is 11.2. The summed E-state index contributed by atoms with van der Waals surface area (Å²) in [4.78, 5) is 11.3. The summed E-state index contributed by atoms with van der Waals surface area (Å²) in [6.07, 6.45) is 2.64. The number of hydrogen-bond donors (Lipinski definition) is 0. The molecule has 0 saturated carbocycles. The van der Waals surface area contributed by atoms with Crippen LogP contribution in [0.25, 0.3) is 11.3 Å². The Kier molecular flexibility index (Phi) is 3.97. The fraction of sp³-hybridized carbons (Fsp3) is 0.0588. The third-order valence-electron chi connectivity index (χ3n) is 3.22. The van der Waals surface area contributed by atoms with Gasteiger partial charge >= 0.3 is 0 Å². The number of halogens is 1. The molecule has 0 aliphatic carbocycles. The molecule has 0 aliphatic rings. The number of rotatable bonds is 4. The van der Waals surface area contributed by atoms with Gasteiger partial charge in [-0.1, -0.05) is 58.4 Å². The lowest BCUT2D eigenvalue weighted by molar-refractivity contribution is 0.112. The van der Waals surface area contributed by atoms with Crippen molar-refractivity contribution in [1.82, 2.24) is 9.78 Å². The maximum Gasteiger partial charge on any atom is 0.153 e. The van der Waals surface area contributed by atoms with E-state index in [2.05, 4.69) is 21.0 Å². The van der Waals surface area contributed by atoms with Gasteiger partial charge in [-0.25, -0.2) is 0 Å². The molecule has 0 fully saturated rings. The lowest BCUT2D eigenvalue weighted by Crippen LogP contribution is -2.00. The molecule has 21 heavy (non-hydrogen) atoms. The van der Waals surface area contributed by atoms with E-state index in [1.54, 1.807) is 10.9 Å². The highest BCUT2D eigenvalue weighted by Gasteiger charge is 2.10. The molecule has 2 aromatic carbocycles. The standard InChI is InChI=1S/C17H13BrN2O/c18-16-8-6-13(7-9-16)10-20-11-15(12-21)17(19-20)14-4-2-1-3-5-14/h1-9,11-12H,10H2. The van der Waals surface area contributed by atoms with Crippen molar-refractivity contribution in [2.75, 3.05) is 0 Å². The highest BCUT2D eigenvalue weighted by molar-refractivity contribution is 9.10. The van der Waals surface area contributed by atoms with E-state index in [0.717, 1.165) is 27.6 Å². The Morgan fingerprint density at radius 2 is 1.76 bits per heavy atom. The first-order valence-corrected chi connectivity index (χ1v) is 7.38. The molecule has 0 bridgehead atoms. The van der Waals surface area contributed by atoms with Gasteiger partial charge in [0.25, 0.3) is 0 Å². The van der Waals surface area contributed by atoms with Gasteiger partial charge in [0.05, 0.1) is 12.1 Å². The lowest BCUT2D eigenvalue weighted by Gasteiger charge is -2.02. The number of nitrogens with zero attached hydrogens (tertiary/aromatic N) is 2. The molecule has 1 aromatic heterocycles. The Hall–Kier alpha value is -2.20. The van der Waals surface area contributed by atoms with E-state index in [1.165, 1.54) is 0 Å². The van der Waals surface area contributed by atoms with E-state index in [9.17, 15) is 4.79 Å². The lowest BCUT2D eigenvalue weighted by atomic mass is 10.1. The Morgan fingerprint density at radius 3 is 2.43 bits per heavy atom. The first kappa shape index (κ1) is 13.8. The number of hydrogen-bond acceptors (Lipinski definition) is 2. The molecule has 3 aromatic rings. The average Bonchev–Trinajstić information content (AvgIpc) is 2.93. The minimum atomic E-state index is 0.610. The van der Waals surface area contributed by atoms with Crippen LogP contribution in [0.3, 0.4) is 0 Å². The van der Waals surface area contributed by atoms with Crippen molar-refractivity contribution in [3.05, 3.63) is 76.4 Å². The predicted octanol–water partition coefficient (Wildman–Crippen LogP) is 4.17. The van der Waals surface area contributed by atoms with E-state index in [4.69, 9.17) is 0 Å². The molecule has 0 saturated heterocycles. The second-order valence-electron chi connectivity index (χ2n) is 4.74. The normalized spacial score (nSPS) is 10.5. The van der Waals surface area contributed by atoms with Gasteiger partial charge in [-0.05, 0) is 17.7 Å². The fourth-order valence-corrected chi connectivity index (χ4v) is 2.47. The molecule has 0 amide bonds. The highest BCUT2D eigenvalue weighted by Crippen LogP contribution is 2.21. The van der Waals surface area contributed by atoms with Crippen LogP contribution in [0.1, 0.15) is 15.9 Å². The fourth-order valence-electron chi connectivity index (χ4n) is 2.20. The van der Waals surface area contributed by atoms with Gasteiger partial charge in [-0.3, -0.25) is 9.48 Å². The number of aldehydes is 1. The van der Waals surface area contributed by atoms with Gasteiger partial charge in [0.2, 0.25) is 0 Å². The smallest absolute Gasteiger partial charge is 0.153 e. The summed E-state index contributed by atoms with van der Waals surface area (Å²) in [5.74, 6) is 0. The van der Waals surface area contributed by atoms with Crippen molar-refractivity contribution in [2.45, 2.75) is 6.54 Å². The van der Waals surface area contributed by atoms with E-state index >= 15 is 0 Å². The van der Waals surface area contributed by atoms with Crippen LogP contribution in [0.15, 0.2) is 65.3 Å². The van der Waals surface area contributed by atoms with Gasteiger partial charge in [-0.15, -0.1) is 0 Å². The first-order valence-electron chi connectivity index (χ1n) is 6.59. The van der Waals surface area contributed by atoms with Crippen LogP contribution in [0.4, 0.5) is 0 Å². The Balaban J connectivity index is 1.92. The maximum atomic E-state index is 11.3. The van der Waals surface area contributed by atoms with Crippen LogP contribution in [0.5, 0.6) is 0 Å². The van der Waals surface area contributed by atoms with Gasteiger partial charge in [-0.2, -0.15) is 5.10 Å². The zero-order valence-corrected chi connectivity index (χ0v) is 12.8. The van der Waals surface area contributed by atoms with Gasteiger partial charge in [0, 0.05) is 16.2 Å². The highest BCUT2D eigenvalue weighted by atomic mass is 79.9. The largest absolute Gasteiger partial charge is 0.298 e. The number of carbonyl (C=O) groups excluding carboxylic acids is 1. The van der Waals surface area contributed by atoms with Crippen molar-refractivity contribution in [3.63, 3.8) is 0 Å². The van der Waals surface area contributed by atoms with Crippen molar-refractivity contribution >= 4 is 22.2 Å².